The first-order valence-corrected chi connectivity index (χ1v) is 3.45. The van der Waals surface area contributed by atoms with Gasteiger partial charge in [-0.05, 0) is 0 Å². The van der Waals surface area contributed by atoms with Crippen LogP contribution in [0, 0.1) is 0 Å². The lowest BCUT2D eigenvalue weighted by Gasteiger charge is -2.20. The summed E-state index contributed by atoms with van der Waals surface area (Å²) in [6.07, 6.45) is 0. The van der Waals surface area contributed by atoms with E-state index in [9.17, 15) is 0 Å². The molecule has 0 spiro atoms. The third kappa shape index (κ3) is 1.41. The number of nitrogens with zero attached hydrogens (tertiary/aromatic N) is 2. The Morgan fingerprint density at radius 3 is 2.44 bits per heavy atom. The van der Waals surface area contributed by atoms with Crippen LogP contribution in [-0.2, 0) is 0 Å². The van der Waals surface area contributed by atoms with Crippen molar-refractivity contribution < 1.29 is 0 Å². The van der Waals surface area contributed by atoms with Gasteiger partial charge in [-0.2, -0.15) is 0 Å². The molecule has 2 N–H and O–H groups in total. The molecule has 0 aliphatic carbocycles. The molecule has 0 aromatic carbocycles. The predicted octanol–water partition coefficient (Wildman–Crippen LogP) is -0.504. The van der Waals surface area contributed by atoms with E-state index < -0.39 is 0 Å². The third-order valence-electron chi connectivity index (χ3n) is 1.79. The Bertz CT molecular complexity index is 94.3. The number of rotatable bonds is 1. The van der Waals surface area contributed by atoms with Gasteiger partial charge in [0, 0.05) is 32.7 Å². The van der Waals surface area contributed by atoms with E-state index in [2.05, 4.69) is 24.0 Å². The lowest BCUT2D eigenvalue weighted by Crippen LogP contribution is -2.32. The maximum Gasteiger partial charge on any atom is 0.0325 e. The van der Waals surface area contributed by atoms with Gasteiger partial charge in [0.2, 0.25) is 0 Å². The second-order valence-electron chi connectivity index (χ2n) is 2.61. The van der Waals surface area contributed by atoms with Crippen LogP contribution in [0.1, 0.15) is 6.92 Å². The minimum atomic E-state index is 0.356. The molecule has 54 valence electrons. The van der Waals surface area contributed by atoms with E-state index in [0.29, 0.717) is 6.04 Å². The second-order valence-corrected chi connectivity index (χ2v) is 2.61. The molecule has 0 bridgehead atoms. The zero-order valence-electron chi connectivity index (χ0n) is 6.17. The lowest BCUT2D eigenvalue weighted by atomic mass is 10.3. The molecule has 0 saturated carbocycles. The van der Waals surface area contributed by atoms with E-state index in [-0.39, 0.29) is 0 Å². The van der Waals surface area contributed by atoms with Crippen LogP contribution in [0.5, 0.6) is 0 Å². The first-order valence-electron chi connectivity index (χ1n) is 3.45. The molecule has 1 unspecified atom stereocenters. The third-order valence-corrected chi connectivity index (χ3v) is 1.79. The topological polar surface area (TPSA) is 32.5 Å². The van der Waals surface area contributed by atoms with Crippen LogP contribution in [0.3, 0.4) is 0 Å². The van der Waals surface area contributed by atoms with E-state index in [1.165, 1.54) is 0 Å². The minimum absolute atomic E-state index is 0.356. The Labute approximate surface area is 56.4 Å². The van der Waals surface area contributed by atoms with Crippen LogP contribution in [0.25, 0.3) is 0 Å². The summed E-state index contributed by atoms with van der Waals surface area (Å²) >= 11 is 0. The first-order chi connectivity index (χ1) is 4.24. The Morgan fingerprint density at radius 1 is 1.56 bits per heavy atom. The Hall–Kier alpha value is -0.120. The summed E-state index contributed by atoms with van der Waals surface area (Å²) in [6.45, 7) is 5.25. The van der Waals surface area contributed by atoms with Crippen molar-refractivity contribution in [1.29, 1.82) is 0 Å². The largest absolute Gasteiger partial charge is 0.325 e. The van der Waals surface area contributed by atoms with E-state index in [0.717, 1.165) is 19.6 Å². The molecular formula is C6H15N3. The molecule has 0 aromatic rings. The number of hydrogen-bond donors (Lipinski definition) is 1. The number of likely N-dealkylation sites (N-methyl/N-ethyl adjacent to an activating group) is 2. The summed E-state index contributed by atoms with van der Waals surface area (Å²) in [4.78, 5) is 0. The highest BCUT2D eigenvalue weighted by Crippen LogP contribution is 2.04. The van der Waals surface area contributed by atoms with E-state index in [1.54, 1.807) is 0 Å². The van der Waals surface area contributed by atoms with Gasteiger partial charge in [0.1, 0.15) is 0 Å². The van der Waals surface area contributed by atoms with Crippen molar-refractivity contribution in [2.75, 3.05) is 26.7 Å². The van der Waals surface area contributed by atoms with Gasteiger partial charge in [-0.25, -0.2) is 10.0 Å². The monoisotopic (exact) mass is 129 g/mol. The molecule has 1 atom stereocenters. The van der Waals surface area contributed by atoms with Gasteiger partial charge < -0.3 is 5.73 Å². The standard InChI is InChI=1S/C6H15N3/c1-3-9-5-6(7)4-8(9)2/h6H,3-5,7H2,1-2H3. The first kappa shape index (κ1) is 6.99. The second kappa shape index (κ2) is 2.64. The summed E-state index contributed by atoms with van der Waals surface area (Å²) in [5.41, 5.74) is 5.71. The summed E-state index contributed by atoms with van der Waals surface area (Å²) in [5.74, 6) is 0. The molecule has 1 rings (SSSR count). The van der Waals surface area contributed by atoms with Crippen LogP contribution in [0.15, 0.2) is 0 Å². The molecule has 1 saturated heterocycles. The van der Waals surface area contributed by atoms with Crippen LogP contribution >= 0.6 is 0 Å². The molecule has 1 fully saturated rings. The summed E-state index contributed by atoms with van der Waals surface area (Å²) in [5, 5.41) is 4.44. The molecule has 1 aliphatic heterocycles. The fourth-order valence-electron chi connectivity index (χ4n) is 1.29. The highest BCUT2D eigenvalue weighted by atomic mass is 15.6. The van der Waals surface area contributed by atoms with Crippen molar-refractivity contribution in [2.24, 2.45) is 5.73 Å². The van der Waals surface area contributed by atoms with Gasteiger partial charge in [-0.3, -0.25) is 0 Å². The summed E-state index contributed by atoms with van der Waals surface area (Å²) < 4.78 is 0. The normalized spacial score (nSPS) is 31.7. The average molecular weight is 129 g/mol. The predicted molar refractivity (Wildman–Crippen MR) is 37.9 cm³/mol. The fourth-order valence-corrected chi connectivity index (χ4v) is 1.29. The van der Waals surface area contributed by atoms with Crippen molar-refractivity contribution in [3.63, 3.8) is 0 Å². The van der Waals surface area contributed by atoms with Crippen molar-refractivity contribution in [3.05, 3.63) is 0 Å². The number of hydrazine groups is 1. The molecule has 9 heavy (non-hydrogen) atoms. The number of hydrogen-bond acceptors (Lipinski definition) is 3. The van der Waals surface area contributed by atoms with Gasteiger partial charge in [0.15, 0.2) is 0 Å². The molecule has 1 heterocycles. The lowest BCUT2D eigenvalue weighted by molar-refractivity contribution is 0.0629. The molecule has 3 nitrogen and oxygen atoms in total. The van der Waals surface area contributed by atoms with E-state index >= 15 is 0 Å². The Balaban J connectivity index is 2.38. The summed E-state index contributed by atoms with van der Waals surface area (Å²) in [7, 11) is 2.08. The van der Waals surface area contributed by atoms with E-state index in [1.807, 2.05) is 0 Å². The van der Waals surface area contributed by atoms with Crippen molar-refractivity contribution in [2.45, 2.75) is 13.0 Å². The van der Waals surface area contributed by atoms with Gasteiger partial charge in [0.05, 0.1) is 0 Å². The van der Waals surface area contributed by atoms with Crippen LogP contribution in [0.4, 0.5) is 0 Å². The zero-order chi connectivity index (χ0) is 6.85. The highest BCUT2D eigenvalue weighted by molar-refractivity contribution is 4.75. The molecule has 0 amide bonds. The maximum atomic E-state index is 5.71. The fraction of sp³-hybridized carbons (Fsp3) is 1.00. The smallest absolute Gasteiger partial charge is 0.0325 e. The maximum absolute atomic E-state index is 5.71. The molecule has 0 aromatic heterocycles. The number of nitrogens with two attached hydrogens (primary N) is 1. The summed E-state index contributed by atoms with van der Waals surface area (Å²) in [6, 6.07) is 0.356. The quantitative estimate of drug-likeness (QED) is 0.518. The van der Waals surface area contributed by atoms with Crippen molar-refractivity contribution >= 4 is 0 Å². The molecular weight excluding hydrogens is 114 g/mol. The zero-order valence-corrected chi connectivity index (χ0v) is 6.17. The average Bonchev–Trinajstić information content (AvgIpc) is 2.10. The SMILES string of the molecule is CCN1CC(N)CN1C. The van der Waals surface area contributed by atoms with Crippen molar-refractivity contribution in [3.8, 4) is 0 Å². The van der Waals surface area contributed by atoms with Crippen LogP contribution in [0.2, 0.25) is 0 Å². The van der Waals surface area contributed by atoms with Gasteiger partial charge in [0.25, 0.3) is 0 Å². The highest BCUT2D eigenvalue weighted by Gasteiger charge is 2.22. The van der Waals surface area contributed by atoms with E-state index in [4.69, 9.17) is 5.73 Å². The molecule has 3 heteroatoms. The van der Waals surface area contributed by atoms with Gasteiger partial charge >= 0.3 is 0 Å². The van der Waals surface area contributed by atoms with Crippen molar-refractivity contribution in [1.82, 2.24) is 10.0 Å². The van der Waals surface area contributed by atoms with Crippen LogP contribution in [-0.4, -0.2) is 42.7 Å². The van der Waals surface area contributed by atoms with Gasteiger partial charge in [-0.15, -0.1) is 0 Å². The molecule has 1 aliphatic rings. The van der Waals surface area contributed by atoms with Gasteiger partial charge in [-0.1, -0.05) is 6.92 Å². The Morgan fingerprint density at radius 2 is 2.22 bits per heavy atom. The Kier molecular flexibility index (Phi) is 2.05. The minimum Gasteiger partial charge on any atom is -0.325 e. The van der Waals surface area contributed by atoms with Crippen LogP contribution < -0.4 is 5.73 Å². The molecule has 0 radical (unpaired) electrons.